The molecule has 0 bridgehead atoms. The monoisotopic (exact) mass is 331 g/mol. The average Bonchev–Trinajstić information content (AvgIpc) is 3.23. The van der Waals surface area contributed by atoms with E-state index in [9.17, 15) is 9.59 Å². The highest BCUT2D eigenvalue weighted by Gasteiger charge is 2.31. The van der Waals surface area contributed by atoms with Gasteiger partial charge in [0.15, 0.2) is 0 Å². The number of hydrogen-bond donors (Lipinski definition) is 3. The highest BCUT2D eigenvalue weighted by molar-refractivity contribution is 5.79. The van der Waals surface area contributed by atoms with E-state index in [0.717, 1.165) is 25.7 Å². The first-order valence-corrected chi connectivity index (χ1v) is 8.67. The van der Waals surface area contributed by atoms with Crippen molar-refractivity contribution in [1.82, 2.24) is 10.6 Å². The maximum absolute atomic E-state index is 12.2. The van der Waals surface area contributed by atoms with Gasteiger partial charge in [0.2, 0.25) is 5.91 Å². The lowest BCUT2D eigenvalue weighted by Gasteiger charge is -2.22. The first-order chi connectivity index (χ1) is 11.6. The van der Waals surface area contributed by atoms with Crippen LogP contribution in [0.1, 0.15) is 43.6 Å². The minimum Gasteiger partial charge on any atom is -0.367 e. The predicted molar refractivity (Wildman–Crippen MR) is 90.4 cm³/mol. The minimum absolute atomic E-state index is 0.137. The number of carbonyl (C=O) groups is 2. The Balaban J connectivity index is 1.46. The second kappa shape index (κ2) is 7.66. The summed E-state index contributed by atoms with van der Waals surface area (Å²) in [6.07, 6.45) is 3.93. The fraction of sp³-hybridized carbons (Fsp3) is 0.556. The Morgan fingerprint density at radius 1 is 1.12 bits per heavy atom. The lowest BCUT2D eigenvalue weighted by atomic mass is 9.94. The SMILES string of the molecule is NC(=O)[C@H]1CC[C@H](CNC(=O)N[C@@H]2CCC[C@H]2c2ccccc2)O1. The van der Waals surface area contributed by atoms with Gasteiger partial charge in [0.1, 0.15) is 6.10 Å². The molecule has 1 saturated heterocycles. The Morgan fingerprint density at radius 2 is 1.92 bits per heavy atom. The number of hydrogen-bond acceptors (Lipinski definition) is 3. The lowest BCUT2D eigenvalue weighted by molar-refractivity contribution is -0.128. The van der Waals surface area contributed by atoms with Gasteiger partial charge in [-0.3, -0.25) is 4.79 Å². The number of urea groups is 1. The highest BCUT2D eigenvalue weighted by Crippen LogP contribution is 2.34. The number of ether oxygens (including phenoxy) is 1. The molecule has 3 rings (SSSR count). The third kappa shape index (κ3) is 4.06. The van der Waals surface area contributed by atoms with E-state index in [1.165, 1.54) is 5.56 Å². The Hall–Kier alpha value is -2.08. The molecule has 0 spiro atoms. The third-order valence-corrected chi connectivity index (χ3v) is 4.98. The van der Waals surface area contributed by atoms with Gasteiger partial charge in [0.05, 0.1) is 6.10 Å². The average molecular weight is 331 g/mol. The number of benzene rings is 1. The van der Waals surface area contributed by atoms with Gasteiger partial charge in [-0.25, -0.2) is 4.79 Å². The first kappa shape index (κ1) is 16.8. The number of nitrogens with one attached hydrogen (secondary N) is 2. The van der Waals surface area contributed by atoms with Crippen molar-refractivity contribution in [3.8, 4) is 0 Å². The Morgan fingerprint density at radius 3 is 2.62 bits per heavy atom. The van der Waals surface area contributed by atoms with Gasteiger partial charge in [0, 0.05) is 18.5 Å². The van der Waals surface area contributed by atoms with Gasteiger partial charge >= 0.3 is 6.03 Å². The summed E-state index contributed by atoms with van der Waals surface area (Å²) >= 11 is 0. The van der Waals surface area contributed by atoms with Crippen LogP contribution in [0.3, 0.4) is 0 Å². The van der Waals surface area contributed by atoms with E-state index in [0.29, 0.717) is 18.9 Å². The van der Waals surface area contributed by atoms with Crippen molar-refractivity contribution in [2.24, 2.45) is 5.73 Å². The van der Waals surface area contributed by atoms with Crippen LogP contribution in [-0.4, -0.2) is 36.7 Å². The van der Waals surface area contributed by atoms with Crippen molar-refractivity contribution in [2.45, 2.75) is 56.3 Å². The summed E-state index contributed by atoms with van der Waals surface area (Å²) in [5, 5.41) is 5.94. The quantitative estimate of drug-likeness (QED) is 0.766. The second-order valence-electron chi connectivity index (χ2n) is 6.64. The standard InChI is InChI=1S/C18H25N3O3/c19-17(22)16-10-9-13(24-16)11-20-18(23)21-15-8-4-7-14(15)12-5-2-1-3-6-12/h1-3,5-6,13-16H,4,7-11H2,(H2,19,22)(H2,20,21,23)/t13-,14+,15-,16-/m1/s1. The molecule has 130 valence electrons. The van der Waals surface area contributed by atoms with Crippen LogP contribution in [0.5, 0.6) is 0 Å². The molecule has 2 fully saturated rings. The minimum atomic E-state index is -0.517. The fourth-order valence-corrected chi connectivity index (χ4v) is 3.72. The van der Waals surface area contributed by atoms with Crippen LogP contribution in [0.15, 0.2) is 30.3 Å². The van der Waals surface area contributed by atoms with Crippen molar-refractivity contribution in [1.29, 1.82) is 0 Å². The second-order valence-corrected chi connectivity index (χ2v) is 6.64. The van der Waals surface area contributed by atoms with Gasteiger partial charge in [-0.15, -0.1) is 0 Å². The summed E-state index contributed by atoms with van der Waals surface area (Å²) in [6, 6.07) is 10.3. The summed E-state index contributed by atoms with van der Waals surface area (Å²) in [5.74, 6) is -0.0578. The molecule has 1 aliphatic heterocycles. The van der Waals surface area contributed by atoms with Crippen LogP contribution >= 0.6 is 0 Å². The number of carbonyl (C=O) groups excluding carboxylic acids is 2. The van der Waals surface area contributed by atoms with E-state index in [1.807, 2.05) is 18.2 Å². The summed E-state index contributed by atoms with van der Waals surface area (Å²) in [6.45, 7) is 0.401. The number of primary amides is 1. The van der Waals surface area contributed by atoms with E-state index in [4.69, 9.17) is 10.5 Å². The molecule has 1 saturated carbocycles. The van der Waals surface area contributed by atoms with Crippen LogP contribution in [0.2, 0.25) is 0 Å². The topological polar surface area (TPSA) is 93.5 Å². The maximum Gasteiger partial charge on any atom is 0.315 e. The first-order valence-electron chi connectivity index (χ1n) is 8.67. The molecule has 4 atom stereocenters. The zero-order valence-corrected chi connectivity index (χ0v) is 13.7. The van der Waals surface area contributed by atoms with Crippen molar-refractivity contribution in [3.05, 3.63) is 35.9 Å². The van der Waals surface area contributed by atoms with Crippen molar-refractivity contribution < 1.29 is 14.3 Å². The molecular formula is C18H25N3O3. The fourth-order valence-electron chi connectivity index (χ4n) is 3.72. The molecule has 2 aliphatic rings. The smallest absolute Gasteiger partial charge is 0.315 e. The van der Waals surface area contributed by atoms with Crippen LogP contribution in [0.25, 0.3) is 0 Å². The normalized spacial score (nSPS) is 29.3. The summed E-state index contributed by atoms with van der Waals surface area (Å²) in [7, 11) is 0. The summed E-state index contributed by atoms with van der Waals surface area (Å²) < 4.78 is 5.52. The van der Waals surface area contributed by atoms with Crippen molar-refractivity contribution in [3.63, 3.8) is 0 Å². The highest BCUT2D eigenvalue weighted by atomic mass is 16.5. The van der Waals surface area contributed by atoms with Gasteiger partial charge in [-0.1, -0.05) is 36.8 Å². The third-order valence-electron chi connectivity index (χ3n) is 4.98. The molecule has 0 radical (unpaired) electrons. The van der Waals surface area contributed by atoms with Crippen LogP contribution < -0.4 is 16.4 Å². The van der Waals surface area contributed by atoms with Crippen molar-refractivity contribution in [2.75, 3.05) is 6.54 Å². The number of rotatable bonds is 5. The van der Waals surface area contributed by atoms with Gasteiger partial charge in [0.25, 0.3) is 0 Å². The molecule has 1 aliphatic carbocycles. The molecule has 1 aromatic carbocycles. The molecule has 6 nitrogen and oxygen atoms in total. The van der Waals surface area contributed by atoms with E-state index < -0.39 is 12.0 Å². The van der Waals surface area contributed by atoms with Crippen LogP contribution in [0, 0.1) is 0 Å². The summed E-state index contributed by atoms with van der Waals surface area (Å²) in [4.78, 5) is 23.3. The molecule has 0 unspecified atom stereocenters. The van der Waals surface area contributed by atoms with E-state index >= 15 is 0 Å². The Kier molecular flexibility index (Phi) is 5.35. The Labute approximate surface area is 142 Å². The summed E-state index contributed by atoms with van der Waals surface area (Å²) in [5.41, 5.74) is 6.51. The van der Waals surface area contributed by atoms with Crippen LogP contribution in [0.4, 0.5) is 4.79 Å². The lowest BCUT2D eigenvalue weighted by Crippen LogP contribution is -2.45. The van der Waals surface area contributed by atoms with Crippen molar-refractivity contribution >= 4 is 11.9 Å². The molecule has 3 amide bonds. The van der Waals surface area contributed by atoms with Gasteiger partial charge in [-0.05, 0) is 31.2 Å². The number of nitrogens with two attached hydrogens (primary N) is 1. The molecule has 4 N–H and O–H groups in total. The zero-order chi connectivity index (χ0) is 16.9. The molecule has 0 aromatic heterocycles. The molecule has 24 heavy (non-hydrogen) atoms. The molecule has 1 aromatic rings. The molecular weight excluding hydrogens is 306 g/mol. The van der Waals surface area contributed by atoms with Gasteiger partial charge in [-0.2, -0.15) is 0 Å². The maximum atomic E-state index is 12.2. The predicted octanol–water partition coefficient (Wildman–Crippen LogP) is 1.65. The largest absolute Gasteiger partial charge is 0.367 e. The van der Waals surface area contributed by atoms with E-state index in [2.05, 4.69) is 22.8 Å². The molecule has 1 heterocycles. The van der Waals surface area contributed by atoms with Crippen LogP contribution in [-0.2, 0) is 9.53 Å². The zero-order valence-electron chi connectivity index (χ0n) is 13.7. The Bertz CT molecular complexity index is 578. The van der Waals surface area contributed by atoms with Gasteiger partial charge < -0.3 is 21.1 Å². The number of amides is 3. The van der Waals surface area contributed by atoms with E-state index in [-0.39, 0.29) is 18.2 Å². The molecule has 6 heteroatoms. The van der Waals surface area contributed by atoms with E-state index in [1.54, 1.807) is 0 Å².